The molecule has 0 saturated heterocycles. The summed E-state index contributed by atoms with van der Waals surface area (Å²) in [6.07, 6.45) is 0.843. The molecule has 0 saturated carbocycles. The Labute approximate surface area is 164 Å². The van der Waals surface area contributed by atoms with Crippen molar-refractivity contribution in [3.05, 3.63) is 63.9 Å². The molecule has 0 aliphatic carbocycles. The molecule has 2 aromatic heterocycles. The topological polar surface area (TPSA) is 61.4 Å². The molecular weight excluding hydrogens is 384 g/mol. The molecule has 0 fully saturated rings. The third-order valence-corrected chi connectivity index (χ3v) is 5.43. The summed E-state index contributed by atoms with van der Waals surface area (Å²) in [5.41, 5.74) is 0.746. The maximum atomic E-state index is 12.5. The lowest BCUT2D eigenvalue weighted by Gasteiger charge is -2.08. The number of aromatic nitrogens is 4. The maximum absolute atomic E-state index is 12.5. The van der Waals surface area contributed by atoms with Crippen LogP contribution >= 0.6 is 23.4 Å². The molecule has 0 radical (unpaired) electrons. The predicted molar refractivity (Wildman–Crippen MR) is 108 cm³/mol. The highest BCUT2D eigenvalue weighted by atomic mass is 35.5. The molecule has 0 unspecified atom stereocenters. The van der Waals surface area contributed by atoms with Crippen molar-refractivity contribution in [2.45, 2.75) is 11.6 Å². The van der Waals surface area contributed by atoms with E-state index in [2.05, 4.69) is 10.2 Å². The van der Waals surface area contributed by atoms with Crippen molar-refractivity contribution >= 4 is 40.0 Å². The van der Waals surface area contributed by atoms with E-state index in [-0.39, 0.29) is 5.56 Å². The van der Waals surface area contributed by atoms with E-state index in [0.717, 1.165) is 28.6 Å². The Balaban J connectivity index is 1.49. The lowest BCUT2D eigenvalue weighted by atomic mass is 10.2. The van der Waals surface area contributed by atoms with Crippen LogP contribution in [0.1, 0.15) is 6.42 Å². The van der Waals surface area contributed by atoms with Crippen LogP contribution in [0, 0.1) is 0 Å². The quantitative estimate of drug-likeness (QED) is 0.364. The molecule has 0 amide bonds. The third-order valence-electron chi connectivity index (χ3n) is 4.18. The van der Waals surface area contributed by atoms with Crippen molar-refractivity contribution in [3.8, 4) is 5.75 Å². The number of nitrogens with zero attached hydrogens (tertiary/aromatic N) is 4. The summed E-state index contributed by atoms with van der Waals surface area (Å²) in [5, 5.41) is 10.5. The van der Waals surface area contributed by atoms with Gasteiger partial charge in [0.05, 0.1) is 17.5 Å². The summed E-state index contributed by atoms with van der Waals surface area (Å²) in [7, 11) is 1.71. The van der Waals surface area contributed by atoms with Gasteiger partial charge < -0.3 is 4.74 Å². The Hall–Kier alpha value is -2.51. The van der Waals surface area contributed by atoms with Crippen molar-refractivity contribution in [3.63, 3.8) is 0 Å². The van der Waals surface area contributed by atoms with Gasteiger partial charge in [-0.25, -0.2) is 0 Å². The summed E-state index contributed by atoms with van der Waals surface area (Å²) >= 11 is 7.55. The fourth-order valence-electron chi connectivity index (χ4n) is 2.87. The second-order valence-electron chi connectivity index (χ2n) is 6.01. The van der Waals surface area contributed by atoms with Gasteiger partial charge in [-0.3, -0.25) is 13.8 Å². The van der Waals surface area contributed by atoms with Crippen LogP contribution in [0.2, 0.25) is 5.02 Å². The van der Waals surface area contributed by atoms with Gasteiger partial charge in [0.1, 0.15) is 5.75 Å². The fourth-order valence-corrected chi connectivity index (χ4v) is 3.91. The monoisotopic (exact) mass is 400 g/mol. The second-order valence-corrected chi connectivity index (χ2v) is 7.51. The second kappa shape index (κ2) is 7.62. The van der Waals surface area contributed by atoms with Gasteiger partial charge in [0.2, 0.25) is 5.78 Å². The fraction of sp³-hybridized carbons (Fsp3) is 0.211. The number of hydrogen-bond acceptors (Lipinski definition) is 5. The smallest absolute Gasteiger partial charge is 0.262 e. The molecule has 0 aliphatic heterocycles. The zero-order valence-corrected chi connectivity index (χ0v) is 16.2. The number of fused-ring (bicyclic) bond motifs is 3. The van der Waals surface area contributed by atoms with Gasteiger partial charge in [-0.2, -0.15) is 0 Å². The molecule has 4 rings (SSSR count). The largest absolute Gasteiger partial charge is 0.494 e. The molecule has 6 nitrogen and oxygen atoms in total. The predicted octanol–water partition coefficient (Wildman–Crippen LogP) is 3.80. The van der Waals surface area contributed by atoms with Crippen molar-refractivity contribution in [1.82, 2.24) is 19.2 Å². The van der Waals surface area contributed by atoms with E-state index in [0.29, 0.717) is 22.8 Å². The molecule has 2 heterocycles. The van der Waals surface area contributed by atoms with Gasteiger partial charge >= 0.3 is 0 Å². The third kappa shape index (κ3) is 3.52. The molecule has 138 valence electrons. The van der Waals surface area contributed by atoms with E-state index in [1.165, 1.54) is 4.57 Å². The van der Waals surface area contributed by atoms with Gasteiger partial charge in [0, 0.05) is 17.8 Å². The van der Waals surface area contributed by atoms with Crippen molar-refractivity contribution in [2.75, 3.05) is 12.4 Å². The summed E-state index contributed by atoms with van der Waals surface area (Å²) in [6, 6.07) is 14.9. The van der Waals surface area contributed by atoms with E-state index in [9.17, 15) is 4.79 Å². The zero-order chi connectivity index (χ0) is 18.8. The SMILES string of the molecule is Cn1c(=O)c2ccccc2n2c(SCCCOc3cccc(Cl)c3)nnc12. The average molecular weight is 401 g/mol. The first-order valence-electron chi connectivity index (χ1n) is 8.49. The number of rotatable bonds is 6. The van der Waals surface area contributed by atoms with Crippen molar-refractivity contribution < 1.29 is 4.74 Å². The molecule has 2 aromatic carbocycles. The maximum Gasteiger partial charge on any atom is 0.262 e. The Kier molecular flexibility index (Phi) is 5.05. The number of ether oxygens (including phenoxy) is 1. The molecule has 0 atom stereocenters. The molecular formula is C19H17ClN4O2S. The van der Waals surface area contributed by atoms with E-state index < -0.39 is 0 Å². The van der Waals surface area contributed by atoms with Crippen LogP contribution in [-0.2, 0) is 7.05 Å². The number of thioether (sulfide) groups is 1. The molecule has 8 heteroatoms. The van der Waals surface area contributed by atoms with Crippen LogP contribution in [-0.4, -0.2) is 31.5 Å². The van der Waals surface area contributed by atoms with E-state index in [4.69, 9.17) is 16.3 Å². The number of para-hydroxylation sites is 1. The van der Waals surface area contributed by atoms with Gasteiger partial charge in [-0.15, -0.1) is 10.2 Å². The van der Waals surface area contributed by atoms with E-state index in [1.807, 2.05) is 46.9 Å². The molecule has 0 aliphatic rings. The molecule has 0 spiro atoms. The standard InChI is InChI=1S/C19H17ClN4O2S/c1-23-17(25)15-8-2-3-9-16(15)24-18(23)21-22-19(24)27-11-5-10-26-14-7-4-6-13(20)12-14/h2-4,6-9,12H,5,10-11H2,1H3. The van der Waals surface area contributed by atoms with Crippen molar-refractivity contribution in [2.24, 2.45) is 7.05 Å². The van der Waals surface area contributed by atoms with Crippen LogP contribution in [0.25, 0.3) is 16.7 Å². The van der Waals surface area contributed by atoms with E-state index in [1.54, 1.807) is 24.9 Å². The highest BCUT2D eigenvalue weighted by molar-refractivity contribution is 7.99. The normalized spacial score (nSPS) is 11.3. The van der Waals surface area contributed by atoms with Gasteiger partial charge in [0.15, 0.2) is 5.16 Å². The number of hydrogen-bond donors (Lipinski definition) is 0. The average Bonchev–Trinajstić information content (AvgIpc) is 3.10. The van der Waals surface area contributed by atoms with Crippen LogP contribution in [0.4, 0.5) is 0 Å². The Morgan fingerprint density at radius 3 is 2.85 bits per heavy atom. The van der Waals surface area contributed by atoms with Crippen LogP contribution in [0.5, 0.6) is 5.75 Å². The summed E-state index contributed by atoms with van der Waals surface area (Å²) in [4.78, 5) is 12.5. The number of halogens is 1. The first kappa shape index (κ1) is 17.9. The lowest BCUT2D eigenvalue weighted by molar-refractivity contribution is 0.318. The first-order valence-corrected chi connectivity index (χ1v) is 9.85. The van der Waals surface area contributed by atoms with Crippen LogP contribution in [0.15, 0.2) is 58.5 Å². The molecule has 0 N–H and O–H groups in total. The number of aryl methyl sites for hydroxylation is 1. The van der Waals surface area contributed by atoms with Crippen LogP contribution in [0.3, 0.4) is 0 Å². The van der Waals surface area contributed by atoms with Gasteiger partial charge in [-0.05, 0) is 36.8 Å². The van der Waals surface area contributed by atoms with Gasteiger partial charge in [0.25, 0.3) is 5.56 Å². The van der Waals surface area contributed by atoms with Crippen LogP contribution < -0.4 is 10.3 Å². The minimum absolute atomic E-state index is 0.0722. The first-order chi connectivity index (χ1) is 13.1. The lowest BCUT2D eigenvalue weighted by Crippen LogP contribution is -2.20. The minimum Gasteiger partial charge on any atom is -0.494 e. The molecule has 0 bridgehead atoms. The molecule has 27 heavy (non-hydrogen) atoms. The van der Waals surface area contributed by atoms with Gasteiger partial charge in [-0.1, -0.05) is 41.6 Å². The summed E-state index contributed by atoms with van der Waals surface area (Å²) < 4.78 is 9.17. The Morgan fingerprint density at radius 1 is 1.15 bits per heavy atom. The molecule has 4 aromatic rings. The summed E-state index contributed by atoms with van der Waals surface area (Å²) in [6.45, 7) is 0.587. The Bertz CT molecular complexity index is 1170. The Morgan fingerprint density at radius 2 is 2.00 bits per heavy atom. The van der Waals surface area contributed by atoms with E-state index >= 15 is 0 Å². The minimum atomic E-state index is -0.0722. The summed E-state index contributed by atoms with van der Waals surface area (Å²) in [5.74, 6) is 2.12. The highest BCUT2D eigenvalue weighted by Gasteiger charge is 2.14. The van der Waals surface area contributed by atoms with Crippen molar-refractivity contribution in [1.29, 1.82) is 0 Å². The highest BCUT2D eigenvalue weighted by Crippen LogP contribution is 2.22. The zero-order valence-electron chi connectivity index (χ0n) is 14.6. The number of benzene rings is 2.